The van der Waals surface area contributed by atoms with Gasteiger partial charge in [-0.3, -0.25) is 9.69 Å². The molecule has 1 aromatic heterocycles. The molecule has 144 valence electrons. The van der Waals surface area contributed by atoms with Gasteiger partial charge in [-0.1, -0.05) is 12.1 Å². The van der Waals surface area contributed by atoms with Gasteiger partial charge in [0.25, 0.3) is 0 Å². The van der Waals surface area contributed by atoms with E-state index in [1.54, 1.807) is 6.26 Å². The van der Waals surface area contributed by atoms with Crippen molar-refractivity contribution in [3.63, 3.8) is 0 Å². The number of nitrogens with one attached hydrogen (secondary N) is 1. The van der Waals surface area contributed by atoms with E-state index < -0.39 is 0 Å². The minimum atomic E-state index is 0.0627. The highest BCUT2D eigenvalue weighted by Crippen LogP contribution is 2.34. The third-order valence-electron chi connectivity index (χ3n) is 5.39. The van der Waals surface area contributed by atoms with Crippen molar-refractivity contribution in [1.82, 2.24) is 4.90 Å². The standard InChI is InChI=1S/C22H22N2O4/c25-22-15(13-26-19-6-2-1-5-18(19)22)11-24-9-3-4-17(12-24)23-16-7-8-20-21(10-16)28-14-27-20/h1-2,5-8,10,13,17,23H,3-4,9,11-12,14H2. The zero-order chi connectivity index (χ0) is 18.9. The zero-order valence-electron chi connectivity index (χ0n) is 15.5. The van der Waals surface area contributed by atoms with Crippen LogP contribution < -0.4 is 20.2 Å². The van der Waals surface area contributed by atoms with Gasteiger partial charge >= 0.3 is 0 Å². The largest absolute Gasteiger partial charge is 0.464 e. The van der Waals surface area contributed by atoms with Crippen LogP contribution in [-0.4, -0.2) is 30.8 Å². The van der Waals surface area contributed by atoms with Crippen LogP contribution >= 0.6 is 0 Å². The van der Waals surface area contributed by atoms with E-state index in [2.05, 4.69) is 10.2 Å². The Hall–Kier alpha value is -2.99. The van der Waals surface area contributed by atoms with Gasteiger partial charge in [0.1, 0.15) is 5.58 Å². The first-order valence-electron chi connectivity index (χ1n) is 9.64. The molecule has 1 unspecified atom stereocenters. The van der Waals surface area contributed by atoms with Crippen molar-refractivity contribution in [3.05, 3.63) is 64.5 Å². The van der Waals surface area contributed by atoms with Gasteiger partial charge in [0.05, 0.1) is 11.6 Å². The first kappa shape index (κ1) is 17.1. The average Bonchev–Trinajstić information content (AvgIpc) is 3.19. The Morgan fingerprint density at radius 3 is 2.96 bits per heavy atom. The molecular weight excluding hydrogens is 356 g/mol. The maximum Gasteiger partial charge on any atom is 0.231 e. The van der Waals surface area contributed by atoms with Crippen molar-refractivity contribution in [2.24, 2.45) is 0 Å². The Bertz CT molecular complexity index is 1060. The molecule has 5 rings (SSSR count). The number of para-hydroxylation sites is 1. The third-order valence-corrected chi connectivity index (χ3v) is 5.39. The Balaban J connectivity index is 1.28. The van der Waals surface area contributed by atoms with Crippen LogP contribution in [0.5, 0.6) is 11.5 Å². The molecule has 1 atom stereocenters. The van der Waals surface area contributed by atoms with Crippen molar-refractivity contribution in [2.75, 3.05) is 25.2 Å². The van der Waals surface area contributed by atoms with E-state index in [0.717, 1.165) is 43.1 Å². The predicted molar refractivity (Wildman–Crippen MR) is 107 cm³/mol. The molecule has 1 N–H and O–H groups in total. The lowest BCUT2D eigenvalue weighted by atomic mass is 10.0. The molecule has 3 aromatic rings. The summed E-state index contributed by atoms with van der Waals surface area (Å²) >= 11 is 0. The Morgan fingerprint density at radius 2 is 2.00 bits per heavy atom. The molecule has 6 nitrogen and oxygen atoms in total. The van der Waals surface area contributed by atoms with Gasteiger partial charge in [0, 0.05) is 36.4 Å². The van der Waals surface area contributed by atoms with Gasteiger partial charge in [-0.25, -0.2) is 0 Å². The van der Waals surface area contributed by atoms with Crippen LogP contribution in [0.2, 0.25) is 0 Å². The van der Waals surface area contributed by atoms with Crippen LogP contribution in [0.1, 0.15) is 18.4 Å². The van der Waals surface area contributed by atoms with Crippen molar-refractivity contribution >= 4 is 16.7 Å². The van der Waals surface area contributed by atoms with Gasteiger partial charge in [-0.05, 0) is 43.7 Å². The van der Waals surface area contributed by atoms with Gasteiger partial charge < -0.3 is 19.2 Å². The number of hydrogen-bond acceptors (Lipinski definition) is 6. The van der Waals surface area contributed by atoms with Crippen LogP contribution in [0.4, 0.5) is 5.69 Å². The number of piperidine rings is 1. The minimum absolute atomic E-state index is 0.0627. The van der Waals surface area contributed by atoms with E-state index in [4.69, 9.17) is 13.9 Å². The number of rotatable bonds is 4. The highest BCUT2D eigenvalue weighted by molar-refractivity contribution is 5.76. The molecule has 3 heterocycles. The summed E-state index contributed by atoms with van der Waals surface area (Å²) in [6, 6.07) is 13.7. The van der Waals surface area contributed by atoms with Crippen molar-refractivity contribution in [1.29, 1.82) is 0 Å². The number of hydrogen-bond donors (Lipinski definition) is 1. The summed E-state index contributed by atoms with van der Waals surface area (Å²) in [5.74, 6) is 1.57. The first-order valence-corrected chi connectivity index (χ1v) is 9.64. The van der Waals surface area contributed by atoms with Crippen LogP contribution in [0.15, 0.2) is 57.9 Å². The molecule has 0 amide bonds. The van der Waals surface area contributed by atoms with E-state index in [1.807, 2.05) is 42.5 Å². The number of likely N-dealkylation sites (tertiary alicyclic amines) is 1. The molecule has 0 spiro atoms. The number of nitrogens with zero attached hydrogens (tertiary/aromatic N) is 1. The summed E-state index contributed by atoms with van der Waals surface area (Å²) in [5, 5.41) is 4.24. The maximum absolute atomic E-state index is 12.8. The molecule has 1 saturated heterocycles. The van der Waals surface area contributed by atoms with Crippen molar-refractivity contribution in [3.8, 4) is 11.5 Å². The fraction of sp³-hybridized carbons (Fsp3) is 0.318. The summed E-state index contributed by atoms with van der Waals surface area (Å²) < 4.78 is 16.5. The maximum atomic E-state index is 12.8. The van der Waals surface area contributed by atoms with Gasteiger partial charge in [0.15, 0.2) is 16.9 Å². The molecule has 2 aliphatic heterocycles. The monoisotopic (exact) mass is 378 g/mol. The smallest absolute Gasteiger partial charge is 0.231 e. The van der Waals surface area contributed by atoms with E-state index in [9.17, 15) is 4.79 Å². The fourth-order valence-corrected chi connectivity index (χ4v) is 4.01. The molecule has 0 bridgehead atoms. The Morgan fingerprint density at radius 1 is 1.11 bits per heavy atom. The van der Waals surface area contributed by atoms with Gasteiger partial charge in [-0.15, -0.1) is 0 Å². The molecule has 1 fully saturated rings. The Kier molecular flexibility index (Phi) is 4.41. The summed E-state index contributed by atoms with van der Waals surface area (Å²) in [6.07, 6.45) is 3.79. The third kappa shape index (κ3) is 3.31. The number of anilines is 1. The second kappa shape index (κ2) is 7.20. The average molecular weight is 378 g/mol. The van der Waals surface area contributed by atoms with Gasteiger partial charge in [-0.2, -0.15) is 0 Å². The summed E-state index contributed by atoms with van der Waals surface area (Å²) in [5.41, 5.74) is 2.44. The number of ether oxygens (including phenoxy) is 2. The summed E-state index contributed by atoms with van der Waals surface area (Å²) in [4.78, 5) is 15.1. The highest BCUT2D eigenvalue weighted by Gasteiger charge is 2.22. The second-order valence-electron chi connectivity index (χ2n) is 7.37. The summed E-state index contributed by atoms with van der Waals surface area (Å²) in [6.45, 7) is 2.74. The van der Waals surface area contributed by atoms with Crippen molar-refractivity contribution in [2.45, 2.75) is 25.4 Å². The predicted octanol–water partition coefficient (Wildman–Crippen LogP) is 3.60. The highest BCUT2D eigenvalue weighted by atomic mass is 16.7. The molecule has 0 radical (unpaired) electrons. The minimum Gasteiger partial charge on any atom is -0.464 e. The van der Waals surface area contributed by atoms with Crippen LogP contribution in [-0.2, 0) is 6.54 Å². The molecule has 28 heavy (non-hydrogen) atoms. The van der Waals surface area contributed by atoms with E-state index >= 15 is 0 Å². The quantitative estimate of drug-likeness (QED) is 0.748. The summed E-state index contributed by atoms with van der Waals surface area (Å²) in [7, 11) is 0. The molecule has 2 aliphatic rings. The lowest BCUT2D eigenvalue weighted by Crippen LogP contribution is -2.42. The molecule has 6 heteroatoms. The van der Waals surface area contributed by atoms with E-state index in [-0.39, 0.29) is 12.2 Å². The molecule has 2 aromatic carbocycles. The van der Waals surface area contributed by atoms with Gasteiger partial charge in [0.2, 0.25) is 6.79 Å². The van der Waals surface area contributed by atoms with E-state index in [1.165, 1.54) is 0 Å². The second-order valence-corrected chi connectivity index (χ2v) is 7.37. The molecule has 0 aliphatic carbocycles. The lowest BCUT2D eigenvalue weighted by Gasteiger charge is -2.33. The van der Waals surface area contributed by atoms with E-state index in [0.29, 0.717) is 29.1 Å². The first-order chi connectivity index (χ1) is 13.8. The zero-order valence-corrected chi connectivity index (χ0v) is 15.5. The normalized spacial score (nSPS) is 19.1. The fourth-order valence-electron chi connectivity index (χ4n) is 4.01. The molecule has 0 saturated carbocycles. The Labute approximate surface area is 162 Å². The SMILES string of the molecule is O=c1c(CN2CCCC(Nc3ccc4c(c3)OCO4)C2)coc2ccccc12. The number of fused-ring (bicyclic) bond motifs is 2. The van der Waals surface area contributed by atoms with Crippen molar-refractivity contribution < 1.29 is 13.9 Å². The number of benzene rings is 2. The topological polar surface area (TPSA) is 63.9 Å². The molecular formula is C22H22N2O4. The van der Waals surface area contributed by atoms with Crippen LogP contribution in [0, 0.1) is 0 Å². The van der Waals surface area contributed by atoms with Crippen LogP contribution in [0.25, 0.3) is 11.0 Å². The lowest BCUT2D eigenvalue weighted by molar-refractivity contribution is 0.174. The van der Waals surface area contributed by atoms with Crippen LogP contribution in [0.3, 0.4) is 0 Å².